The molecule has 20 heavy (non-hydrogen) atoms. The zero-order valence-electron chi connectivity index (χ0n) is 11.9. The number of carbonyl (C=O) groups excluding carboxylic acids is 1. The third-order valence-electron chi connectivity index (χ3n) is 4.05. The third kappa shape index (κ3) is 3.38. The zero-order chi connectivity index (χ0) is 13.9. The SMILES string of the molecule is Cc1cccc(NC(=O)CNC2CCOC2C2CC2)c1. The summed E-state index contributed by atoms with van der Waals surface area (Å²) in [7, 11) is 0. The molecule has 4 heteroatoms. The molecule has 1 aromatic carbocycles. The second-order valence-corrected chi connectivity index (χ2v) is 5.87. The first kappa shape index (κ1) is 13.6. The normalized spacial score (nSPS) is 25.6. The fourth-order valence-electron chi connectivity index (χ4n) is 2.87. The van der Waals surface area contributed by atoms with Gasteiger partial charge in [0.2, 0.25) is 5.91 Å². The summed E-state index contributed by atoms with van der Waals surface area (Å²) in [5.74, 6) is 0.729. The van der Waals surface area contributed by atoms with Gasteiger partial charge < -0.3 is 15.4 Å². The number of amides is 1. The number of aryl methyl sites for hydroxylation is 1. The Morgan fingerprint density at radius 1 is 1.35 bits per heavy atom. The smallest absolute Gasteiger partial charge is 0.238 e. The van der Waals surface area contributed by atoms with Crippen LogP contribution in [0.15, 0.2) is 24.3 Å². The zero-order valence-corrected chi connectivity index (χ0v) is 11.9. The van der Waals surface area contributed by atoms with Crippen molar-refractivity contribution in [3.8, 4) is 0 Å². The Bertz CT molecular complexity index is 485. The van der Waals surface area contributed by atoms with Crippen LogP contribution in [0.5, 0.6) is 0 Å². The molecule has 2 atom stereocenters. The lowest BCUT2D eigenvalue weighted by Gasteiger charge is -2.19. The number of carbonyl (C=O) groups is 1. The van der Waals surface area contributed by atoms with Crippen LogP contribution in [0.4, 0.5) is 5.69 Å². The van der Waals surface area contributed by atoms with Crippen LogP contribution < -0.4 is 10.6 Å². The second-order valence-electron chi connectivity index (χ2n) is 5.87. The van der Waals surface area contributed by atoms with Gasteiger partial charge in [0, 0.05) is 18.3 Å². The Hall–Kier alpha value is -1.39. The minimum Gasteiger partial charge on any atom is -0.376 e. The van der Waals surface area contributed by atoms with Gasteiger partial charge in [-0.05, 0) is 49.8 Å². The van der Waals surface area contributed by atoms with E-state index in [0.717, 1.165) is 30.2 Å². The van der Waals surface area contributed by atoms with E-state index < -0.39 is 0 Å². The maximum atomic E-state index is 12.0. The molecular formula is C16H22N2O2. The van der Waals surface area contributed by atoms with Crippen LogP contribution in [0, 0.1) is 12.8 Å². The van der Waals surface area contributed by atoms with Crippen molar-refractivity contribution in [3.05, 3.63) is 29.8 Å². The molecule has 2 unspecified atom stereocenters. The number of nitrogens with one attached hydrogen (secondary N) is 2. The van der Waals surface area contributed by atoms with E-state index in [1.54, 1.807) is 0 Å². The fraction of sp³-hybridized carbons (Fsp3) is 0.562. The van der Waals surface area contributed by atoms with Crippen molar-refractivity contribution in [3.63, 3.8) is 0 Å². The highest BCUT2D eigenvalue weighted by molar-refractivity contribution is 5.92. The van der Waals surface area contributed by atoms with Gasteiger partial charge in [-0.2, -0.15) is 0 Å². The van der Waals surface area contributed by atoms with Gasteiger partial charge in [0.1, 0.15) is 0 Å². The Morgan fingerprint density at radius 3 is 2.95 bits per heavy atom. The lowest BCUT2D eigenvalue weighted by Crippen LogP contribution is -2.41. The number of rotatable bonds is 5. The Balaban J connectivity index is 1.47. The first-order valence-electron chi connectivity index (χ1n) is 7.44. The van der Waals surface area contributed by atoms with E-state index >= 15 is 0 Å². The van der Waals surface area contributed by atoms with Crippen LogP contribution in [0.25, 0.3) is 0 Å². The predicted octanol–water partition coefficient (Wildman–Crippen LogP) is 2.09. The summed E-state index contributed by atoms with van der Waals surface area (Å²) < 4.78 is 5.76. The van der Waals surface area contributed by atoms with Crippen molar-refractivity contribution in [1.82, 2.24) is 5.32 Å². The molecule has 1 aliphatic heterocycles. The van der Waals surface area contributed by atoms with Crippen molar-refractivity contribution in [2.75, 3.05) is 18.5 Å². The van der Waals surface area contributed by atoms with E-state index in [0.29, 0.717) is 18.7 Å². The summed E-state index contributed by atoms with van der Waals surface area (Å²) in [6.45, 7) is 3.19. The van der Waals surface area contributed by atoms with Gasteiger partial charge in [0.05, 0.1) is 12.6 Å². The lowest BCUT2D eigenvalue weighted by molar-refractivity contribution is -0.115. The highest BCUT2D eigenvalue weighted by Crippen LogP contribution is 2.38. The van der Waals surface area contributed by atoms with Crippen molar-refractivity contribution < 1.29 is 9.53 Å². The fourth-order valence-corrected chi connectivity index (χ4v) is 2.87. The second kappa shape index (κ2) is 5.94. The quantitative estimate of drug-likeness (QED) is 0.864. The molecule has 1 amide bonds. The van der Waals surface area contributed by atoms with Crippen LogP contribution in [0.1, 0.15) is 24.8 Å². The number of hydrogen-bond acceptors (Lipinski definition) is 3. The number of anilines is 1. The first-order chi connectivity index (χ1) is 9.72. The monoisotopic (exact) mass is 274 g/mol. The average molecular weight is 274 g/mol. The van der Waals surface area contributed by atoms with E-state index in [1.807, 2.05) is 31.2 Å². The highest BCUT2D eigenvalue weighted by atomic mass is 16.5. The first-order valence-corrected chi connectivity index (χ1v) is 7.44. The molecular weight excluding hydrogens is 252 g/mol. The van der Waals surface area contributed by atoms with Crippen LogP contribution >= 0.6 is 0 Å². The molecule has 1 saturated carbocycles. The van der Waals surface area contributed by atoms with Gasteiger partial charge in [0.15, 0.2) is 0 Å². The largest absolute Gasteiger partial charge is 0.376 e. The number of ether oxygens (including phenoxy) is 1. The summed E-state index contributed by atoms with van der Waals surface area (Å²) in [5.41, 5.74) is 2.01. The molecule has 1 heterocycles. The van der Waals surface area contributed by atoms with E-state index in [2.05, 4.69) is 10.6 Å². The molecule has 0 bridgehead atoms. The molecule has 3 rings (SSSR count). The van der Waals surface area contributed by atoms with Crippen LogP contribution in [-0.4, -0.2) is 31.2 Å². The minimum absolute atomic E-state index is 0.0112. The Labute approximate surface area is 119 Å². The predicted molar refractivity (Wildman–Crippen MR) is 78.7 cm³/mol. The summed E-state index contributed by atoms with van der Waals surface area (Å²) in [4.78, 5) is 12.0. The molecule has 0 radical (unpaired) electrons. The van der Waals surface area contributed by atoms with Gasteiger partial charge in [0.25, 0.3) is 0 Å². The summed E-state index contributed by atoms with van der Waals surface area (Å²) >= 11 is 0. The van der Waals surface area contributed by atoms with E-state index in [4.69, 9.17) is 4.74 Å². The molecule has 0 aromatic heterocycles. The van der Waals surface area contributed by atoms with Gasteiger partial charge in [-0.15, -0.1) is 0 Å². The van der Waals surface area contributed by atoms with Crippen molar-refractivity contribution in [1.29, 1.82) is 0 Å². The van der Waals surface area contributed by atoms with Gasteiger partial charge >= 0.3 is 0 Å². The van der Waals surface area contributed by atoms with E-state index in [-0.39, 0.29) is 5.91 Å². The van der Waals surface area contributed by atoms with Crippen LogP contribution in [0.3, 0.4) is 0 Å². The summed E-state index contributed by atoms with van der Waals surface area (Å²) in [5, 5.41) is 6.27. The molecule has 2 fully saturated rings. The van der Waals surface area contributed by atoms with Crippen molar-refractivity contribution in [2.45, 2.75) is 38.3 Å². The minimum atomic E-state index is 0.0112. The van der Waals surface area contributed by atoms with Crippen molar-refractivity contribution >= 4 is 11.6 Å². The lowest BCUT2D eigenvalue weighted by atomic mass is 10.1. The molecule has 1 aliphatic carbocycles. The Morgan fingerprint density at radius 2 is 2.20 bits per heavy atom. The molecule has 2 N–H and O–H groups in total. The highest BCUT2D eigenvalue weighted by Gasteiger charge is 2.40. The third-order valence-corrected chi connectivity index (χ3v) is 4.05. The van der Waals surface area contributed by atoms with Gasteiger partial charge in [-0.3, -0.25) is 4.79 Å². The number of benzene rings is 1. The van der Waals surface area contributed by atoms with Crippen molar-refractivity contribution in [2.24, 2.45) is 5.92 Å². The van der Waals surface area contributed by atoms with Gasteiger partial charge in [-0.25, -0.2) is 0 Å². The topological polar surface area (TPSA) is 50.4 Å². The standard InChI is InChI=1S/C16H22N2O2/c1-11-3-2-4-13(9-11)18-15(19)10-17-14-7-8-20-16(14)12-5-6-12/h2-4,9,12,14,16-17H,5-8,10H2,1H3,(H,18,19). The molecule has 4 nitrogen and oxygen atoms in total. The number of hydrogen-bond donors (Lipinski definition) is 2. The summed E-state index contributed by atoms with van der Waals surface area (Å²) in [6.07, 6.45) is 3.89. The average Bonchev–Trinajstić information content (AvgIpc) is 3.15. The Kier molecular flexibility index (Phi) is 4.03. The van der Waals surface area contributed by atoms with E-state index in [9.17, 15) is 4.79 Å². The maximum absolute atomic E-state index is 12.0. The molecule has 2 aliphatic rings. The summed E-state index contributed by atoms with van der Waals surface area (Å²) in [6, 6.07) is 8.20. The molecule has 1 aromatic rings. The van der Waals surface area contributed by atoms with Crippen LogP contribution in [0.2, 0.25) is 0 Å². The van der Waals surface area contributed by atoms with Gasteiger partial charge in [-0.1, -0.05) is 12.1 Å². The molecule has 0 spiro atoms. The van der Waals surface area contributed by atoms with Crippen LogP contribution in [-0.2, 0) is 9.53 Å². The molecule has 1 saturated heterocycles. The maximum Gasteiger partial charge on any atom is 0.238 e. The van der Waals surface area contributed by atoms with E-state index in [1.165, 1.54) is 12.8 Å². The molecule has 108 valence electrons.